The van der Waals surface area contributed by atoms with Gasteiger partial charge >= 0.3 is 11.9 Å². The fraction of sp³-hybridized carbons (Fsp3) is 0.143. The zero-order valence-corrected chi connectivity index (χ0v) is 18.4. The van der Waals surface area contributed by atoms with Crippen molar-refractivity contribution < 1.29 is 24.5 Å². The minimum absolute atomic E-state index is 0.0978. The largest absolute Gasteiger partial charge is 0.507 e. The van der Waals surface area contributed by atoms with E-state index in [1.165, 1.54) is 5.56 Å². The zero-order chi connectivity index (χ0) is 23.7. The predicted octanol–water partition coefficient (Wildman–Crippen LogP) is 5.16. The van der Waals surface area contributed by atoms with E-state index in [2.05, 4.69) is 11.4 Å². The highest BCUT2D eigenvalue weighted by Crippen LogP contribution is 2.31. The third-order valence-corrected chi connectivity index (χ3v) is 6.16. The highest BCUT2D eigenvalue weighted by molar-refractivity contribution is 5.98. The molecule has 0 spiro atoms. The lowest BCUT2D eigenvalue weighted by Gasteiger charge is -2.11. The minimum Gasteiger partial charge on any atom is -0.507 e. The maximum atomic E-state index is 12.7. The second-order valence-electron chi connectivity index (χ2n) is 8.43. The minimum atomic E-state index is -0.979. The Labute approximate surface area is 196 Å². The Bertz CT molecular complexity index is 1410. The summed E-state index contributed by atoms with van der Waals surface area (Å²) in [6.45, 7) is 1.11. The molecule has 4 aromatic rings. The molecule has 4 aromatic carbocycles. The maximum Gasteiger partial charge on any atom is 0.338 e. The number of phenolic OH excluding ortho intramolecular Hbond substituents is 1. The Kier molecular flexibility index (Phi) is 5.64. The Balaban J connectivity index is 1.34. The molecule has 0 aliphatic carbocycles. The number of anilines is 1. The van der Waals surface area contributed by atoms with Crippen LogP contribution in [0.5, 0.6) is 5.75 Å². The van der Waals surface area contributed by atoms with Gasteiger partial charge in [-0.25, -0.2) is 9.59 Å². The summed E-state index contributed by atoms with van der Waals surface area (Å²) in [4.78, 5) is 23.8. The summed E-state index contributed by atoms with van der Waals surface area (Å²) in [6, 6.07) is 21.4. The van der Waals surface area contributed by atoms with Crippen LogP contribution in [0.1, 0.15) is 43.0 Å². The monoisotopic (exact) mass is 453 g/mol. The highest BCUT2D eigenvalue weighted by Gasteiger charge is 2.14. The Morgan fingerprint density at radius 3 is 2.41 bits per heavy atom. The summed E-state index contributed by atoms with van der Waals surface area (Å²) in [7, 11) is 0. The van der Waals surface area contributed by atoms with Crippen molar-refractivity contribution in [3.8, 4) is 5.75 Å². The van der Waals surface area contributed by atoms with Gasteiger partial charge in [0.15, 0.2) is 0 Å². The Morgan fingerprint density at radius 1 is 0.882 bits per heavy atom. The number of benzene rings is 4. The van der Waals surface area contributed by atoms with Crippen LogP contribution in [-0.4, -0.2) is 28.7 Å². The molecule has 0 bridgehead atoms. The average molecular weight is 453 g/mol. The smallest absolute Gasteiger partial charge is 0.338 e. The molecule has 0 saturated heterocycles. The highest BCUT2D eigenvalue weighted by atomic mass is 16.5. The first kappa shape index (κ1) is 21.5. The van der Waals surface area contributed by atoms with Crippen LogP contribution in [0.2, 0.25) is 0 Å². The molecular formula is C28H23NO5. The van der Waals surface area contributed by atoms with E-state index in [-0.39, 0.29) is 17.9 Å². The van der Waals surface area contributed by atoms with E-state index in [0.29, 0.717) is 22.9 Å². The first-order chi connectivity index (χ1) is 16.5. The van der Waals surface area contributed by atoms with E-state index in [9.17, 15) is 14.7 Å². The number of carbonyl (C=O) groups excluding carboxylic acids is 1. The summed E-state index contributed by atoms with van der Waals surface area (Å²) < 4.78 is 5.53. The fourth-order valence-electron chi connectivity index (χ4n) is 4.28. The van der Waals surface area contributed by atoms with Crippen molar-refractivity contribution in [1.82, 2.24) is 0 Å². The second-order valence-corrected chi connectivity index (χ2v) is 8.43. The van der Waals surface area contributed by atoms with E-state index >= 15 is 0 Å². The molecule has 0 aromatic heterocycles. The van der Waals surface area contributed by atoms with E-state index < -0.39 is 11.9 Å². The van der Waals surface area contributed by atoms with Gasteiger partial charge in [0.1, 0.15) is 12.4 Å². The molecule has 6 heteroatoms. The number of carboxylic acids is 1. The molecular weight excluding hydrogens is 430 g/mol. The topological polar surface area (TPSA) is 95.9 Å². The predicted molar refractivity (Wildman–Crippen MR) is 130 cm³/mol. The van der Waals surface area contributed by atoms with Crippen molar-refractivity contribution in [2.45, 2.75) is 19.4 Å². The molecule has 0 unspecified atom stereocenters. The molecule has 170 valence electrons. The fourth-order valence-corrected chi connectivity index (χ4v) is 4.28. The summed E-state index contributed by atoms with van der Waals surface area (Å²) in [6.07, 6.45) is 1.40. The van der Waals surface area contributed by atoms with Gasteiger partial charge in [-0.15, -0.1) is 0 Å². The Morgan fingerprint density at radius 2 is 1.62 bits per heavy atom. The molecule has 34 heavy (non-hydrogen) atoms. The SMILES string of the molecule is O=C(O)c1ccc(Cc2ccc3ccc(C(=O)OCc4ccc5c(c4)CCN5)cc3c2O)cc1. The van der Waals surface area contributed by atoms with Crippen molar-refractivity contribution in [2.75, 3.05) is 11.9 Å². The molecule has 1 heterocycles. The number of nitrogens with one attached hydrogen (secondary N) is 1. The van der Waals surface area contributed by atoms with Crippen LogP contribution in [0, 0.1) is 0 Å². The molecule has 1 aliphatic rings. The number of carboxylic acid groups (broad SMARTS) is 1. The number of carbonyl (C=O) groups is 2. The van der Waals surface area contributed by atoms with E-state index in [4.69, 9.17) is 9.84 Å². The number of hydrogen-bond donors (Lipinski definition) is 3. The number of hydrogen-bond acceptors (Lipinski definition) is 5. The third-order valence-electron chi connectivity index (χ3n) is 6.16. The normalized spacial score (nSPS) is 12.2. The van der Waals surface area contributed by atoms with Gasteiger partial charge in [0, 0.05) is 24.0 Å². The first-order valence-corrected chi connectivity index (χ1v) is 11.1. The van der Waals surface area contributed by atoms with Gasteiger partial charge in [0.05, 0.1) is 11.1 Å². The van der Waals surface area contributed by atoms with Crippen LogP contribution in [0.25, 0.3) is 10.8 Å². The number of aromatic hydroxyl groups is 1. The lowest BCUT2D eigenvalue weighted by molar-refractivity contribution is 0.0472. The van der Waals surface area contributed by atoms with Gasteiger partial charge in [-0.1, -0.05) is 42.5 Å². The molecule has 3 N–H and O–H groups in total. The van der Waals surface area contributed by atoms with Crippen molar-refractivity contribution in [1.29, 1.82) is 0 Å². The number of aromatic carboxylic acids is 1. The number of ether oxygens (including phenoxy) is 1. The van der Waals surface area contributed by atoms with Gasteiger partial charge in [-0.3, -0.25) is 0 Å². The zero-order valence-electron chi connectivity index (χ0n) is 18.4. The molecule has 0 saturated carbocycles. The summed E-state index contributed by atoms with van der Waals surface area (Å²) in [5, 5.41) is 24.7. The first-order valence-electron chi connectivity index (χ1n) is 11.1. The lowest BCUT2D eigenvalue weighted by atomic mass is 9.98. The Hall–Kier alpha value is -4.32. The van der Waals surface area contributed by atoms with Crippen molar-refractivity contribution >= 4 is 28.4 Å². The van der Waals surface area contributed by atoms with Gasteiger partial charge in [0.2, 0.25) is 0 Å². The second kappa shape index (κ2) is 8.90. The van der Waals surface area contributed by atoms with Gasteiger partial charge in [0.25, 0.3) is 0 Å². The quantitative estimate of drug-likeness (QED) is 0.349. The van der Waals surface area contributed by atoms with Gasteiger partial charge in [-0.05, 0) is 64.4 Å². The van der Waals surface area contributed by atoms with Crippen LogP contribution < -0.4 is 5.32 Å². The van der Waals surface area contributed by atoms with Crippen LogP contribution in [0.3, 0.4) is 0 Å². The summed E-state index contributed by atoms with van der Waals surface area (Å²) >= 11 is 0. The summed E-state index contributed by atoms with van der Waals surface area (Å²) in [5.74, 6) is -1.33. The molecule has 0 radical (unpaired) electrons. The summed E-state index contributed by atoms with van der Waals surface area (Å²) in [5.41, 5.74) is 5.45. The van der Waals surface area contributed by atoms with E-state index in [1.54, 1.807) is 42.5 Å². The lowest BCUT2D eigenvalue weighted by Crippen LogP contribution is -2.05. The van der Waals surface area contributed by atoms with Crippen LogP contribution in [0.15, 0.2) is 72.8 Å². The number of rotatable bonds is 6. The van der Waals surface area contributed by atoms with Crippen LogP contribution in [0.4, 0.5) is 5.69 Å². The average Bonchev–Trinajstić information content (AvgIpc) is 3.32. The number of fused-ring (bicyclic) bond motifs is 2. The molecule has 1 aliphatic heterocycles. The molecule has 0 amide bonds. The van der Waals surface area contributed by atoms with E-state index in [1.807, 2.05) is 24.3 Å². The van der Waals surface area contributed by atoms with Gasteiger partial charge in [-0.2, -0.15) is 0 Å². The maximum absolute atomic E-state index is 12.7. The van der Waals surface area contributed by atoms with Crippen molar-refractivity contribution in [3.63, 3.8) is 0 Å². The molecule has 0 atom stereocenters. The number of esters is 1. The standard InChI is InChI=1S/C28H23NO5/c30-26-22(13-17-1-4-20(5-2-17)27(31)32)8-6-19-7-9-23(15-24(19)26)28(33)34-16-18-3-10-25-21(14-18)11-12-29-25/h1-10,14-15,29-30H,11-13,16H2,(H,31,32). The molecule has 0 fully saturated rings. The molecule has 5 rings (SSSR count). The number of phenols is 1. The van der Waals surface area contributed by atoms with E-state index in [0.717, 1.165) is 35.2 Å². The van der Waals surface area contributed by atoms with Crippen LogP contribution >= 0.6 is 0 Å². The van der Waals surface area contributed by atoms with Gasteiger partial charge < -0.3 is 20.3 Å². The van der Waals surface area contributed by atoms with Crippen molar-refractivity contribution in [3.05, 3.63) is 106 Å². The molecule has 6 nitrogen and oxygen atoms in total. The van der Waals surface area contributed by atoms with Crippen LogP contribution in [-0.2, 0) is 24.2 Å². The third kappa shape index (κ3) is 4.30. The van der Waals surface area contributed by atoms with Crippen molar-refractivity contribution in [2.24, 2.45) is 0 Å².